The van der Waals surface area contributed by atoms with Crippen molar-refractivity contribution in [3.8, 4) is 5.75 Å². The predicted molar refractivity (Wildman–Crippen MR) is 121 cm³/mol. The molecule has 3 rings (SSSR count). The van der Waals surface area contributed by atoms with E-state index in [2.05, 4.69) is 30.0 Å². The molecule has 2 amide bonds. The monoisotopic (exact) mass is 421 g/mol. The van der Waals surface area contributed by atoms with Crippen LogP contribution in [-0.4, -0.2) is 23.5 Å². The number of hydrazine groups is 1. The smallest absolute Gasteiger partial charge is 0.276 e. The molecular weight excluding hydrogens is 398 g/mol. The van der Waals surface area contributed by atoms with E-state index < -0.39 is 5.91 Å². The Hall–Kier alpha value is -3.45. The van der Waals surface area contributed by atoms with Crippen molar-refractivity contribution in [2.24, 2.45) is 0 Å². The van der Waals surface area contributed by atoms with Crippen LogP contribution in [-0.2, 0) is 4.79 Å². The Kier molecular flexibility index (Phi) is 6.98. The maximum Gasteiger partial charge on any atom is 0.276 e. The summed E-state index contributed by atoms with van der Waals surface area (Å²) in [6.07, 6.45) is 0. The molecular formula is C23H23N3O3S. The fourth-order valence-corrected chi connectivity index (χ4v) is 2.94. The number of amides is 2. The van der Waals surface area contributed by atoms with E-state index in [1.54, 1.807) is 18.2 Å². The topological polar surface area (TPSA) is 79.5 Å². The Morgan fingerprint density at radius 2 is 1.63 bits per heavy atom. The van der Waals surface area contributed by atoms with Crippen molar-refractivity contribution >= 4 is 39.9 Å². The third-order valence-electron chi connectivity index (χ3n) is 4.47. The number of nitrogens with one attached hydrogen (secondary N) is 3. The lowest BCUT2D eigenvalue weighted by Crippen LogP contribution is -2.49. The standard InChI is InChI=1S/C23H23N3O3S/c1-15(2)16-7-9-18(10-8-16)22(28)24-23(30)26-25-21(27)14-29-20-12-11-17-5-3-4-6-19(17)13-20/h3-13,15H,14H2,1-2H3,(H,25,27)(H2,24,26,28,30). The third kappa shape index (κ3) is 5.78. The minimum atomic E-state index is -0.430. The van der Waals surface area contributed by atoms with Gasteiger partial charge in [0.15, 0.2) is 11.7 Å². The summed E-state index contributed by atoms with van der Waals surface area (Å²) in [5.74, 6) is 0.187. The van der Waals surface area contributed by atoms with E-state index in [4.69, 9.17) is 17.0 Å². The van der Waals surface area contributed by atoms with Crippen LogP contribution in [0.5, 0.6) is 5.75 Å². The molecule has 0 radical (unpaired) electrons. The summed E-state index contributed by atoms with van der Waals surface area (Å²) in [6.45, 7) is 3.97. The van der Waals surface area contributed by atoms with Gasteiger partial charge in [-0.2, -0.15) is 0 Å². The van der Waals surface area contributed by atoms with Crippen LogP contribution in [0.1, 0.15) is 35.7 Å². The highest BCUT2D eigenvalue weighted by Gasteiger charge is 2.10. The summed E-state index contributed by atoms with van der Waals surface area (Å²) in [4.78, 5) is 24.2. The molecule has 3 N–H and O–H groups in total. The first kappa shape index (κ1) is 21.3. The number of rotatable bonds is 5. The predicted octanol–water partition coefficient (Wildman–Crippen LogP) is 3.68. The Labute approximate surface area is 180 Å². The number of ether oxygens (including phenoxy) is 1. The van der Waals surface area contributed by atoms with Gasteiger partial charge in [-0.3, -0.25) is 25.8 Å². The van der Waals surface area contributed by atoms with Gasteiger partial charge in [0.05, 0.1) is 0 Å². The van der Waals surface area contributed by atoms with Crippen LogP contribution in [0.25, 0.3) is 10.8 Å². The van der Waals surface area contributed by atoms with E-state index in [1.807, 2.05) is 48.5 Å². The molecule has 3 aromatic carbocycles. The van der Waals surface area contributed by atoms with E-state index in [-0.39, 0.29) is 17.6 Å². The van der Waals surface area contributed by atoms with Crippen molar-refractivity contribution in [1.29, 1.82) is 0 Å². The van der Waals surface area contributed by atoms with Crippen LogP contribution in [0.2, 0.25) is 0 Å². The van der Waals surface area contributed by atoms with Gasteiger partial charge in [0.25, 0.3) is 11.8 Å². The van der Waals surface area contributed by atoms with Crippen molar-refractivity contribution in [1.82, 2.24) is 16.2 Å². The molecule has 0 aromatic heterocycles. The summed E-state index contributed by atoms with van der Waals surface area (Å²) in [5.41, 5.74) is 6.52. The summed E-state index contributed by atoms with van der Waals surface area (Å²) < 4.78 is 5.51. The van der Waals surface area contributed by atoms with Crippen molar-refractivity contribution in [3.63, 3.8) is 0 Å². The summed E-state index contributed by atoms with van der Waals surface area (Å²) in [5, 5.41) is 4.63. The highest BCUT2D eigenvalue weighted by molar-refractivity contribution is 7.80. The Morgan fingerprint density at radius 3 is 2.33 bits per heavy atom. The Balaban J connectivity index is 1.43. The van der Waals surface area contributed by atoms with Gasteiger partial charge in [0.1, 0.15) is 5.75 Å². The molecule has 6 nitrogen and oxygen atoms in total. The van der Waals surface area contributed by atoms with Crippen LogP contribution in [0.15, 0.2) is 66.7 Å². The van der Waals surface area contributed by atoms with Gasteiger partial charge in [-0.05, 0) is 58.7 Å². The minimum Gasteiger partial charge on any atom is -0.484 e. The van der Waals surface area contributed by atoms with Crippen molar-refractivity contribution in [3.05, 3.63) is 77.9 Å². The molecule has 0 unspecified atom stereocenters. The summed E-state index contributed by atoms with van der Waals surface area (Å²) in [7, 11) is 0. The molecule has 30 heavy (non-hydrogen) atoms. The molecule has 0 heterocycles. The number of hydrogen-bond acceptors (Lipinski definition) is 4. The normalized spacial score (nSPS) is 10.5. The van der Waals surface area contributed by atoms with E-state index in [1.165, 1.54) is 0 Å². The summed E-state index contributed by atoms with van der Waals surface area (Å²) >= 11 is 5.05. The van der Waals surface area contributed by atoms with Crippen LogP contribution >= 0.6 is 12.2 Å². The zero-order valence-corrected chi connectivity index (χ0v) is 17.6. The van der Waals surface area contributed by atoms with E-state index in [9.17, 15) is 9.59 Å². The van der Waals surface area contributed by atoms with Gasteiger partial charge in [0, 0.05) is 5.56 Å². The van der Waals surface area contributed by atoms with Gasteiger partial charge in [-0.15, -0.1) is 0 Å². The second-order valence-corrected chi connectivity index (χ2v) is 7.44. The quantitative estimate of drug-likeness (QED) is 0.433. The van der Waals surface area contributed by atoms with Crippen LogP contribution < -0.4 is 20.9 Å². The van der Waals surface area contributed by atoms with Crippen molar-refractivity contribution in [2.75, 3.05) is 6.61 Å². The molecule has 0 bridgehead atoms. The van der Waals surface area contributed by atoms with Crippen LogP contribution in [0.4, 0.5) is 0 Å². The average Bonchev–Trinajstić information content (AvgIpc) is 2.76. The first-order valence-electron chi connectivity index (χ1n) is 9.54. The maximum atomic E-state index is 12.2. The number of hydrogen-bond donors (Lipinski definition) is 3. The van der Waals surface area contributed by atoms with Crippen molar-refractivity contribution < 1.29 is 14.3 Å². The lowest BCUT2D eigenvalue weighted by molar-refractivity contribution is -0.123. The Morgan fingerprint density at radius 1 is 0.933 bits per heavy atom. The maximum absolute atomic E-state index is 12.2. The van der Waals surface area contributed by atoms with Gasteiger partial charge in [-0.25, -0.2) is 0 Å². The average molecular weight is 422 g/mol. The van der Waals surface area contributed by atoms with E-state index in [0.717, 1.165) is 16.3 Å². The fourth-order valence-electron chi connectivity index (χ4n) is 2.79. The second-order valence-electron chi connectivity index (χ2n) is 7.03. The molecule has 0 aliphatic carbocycles. The molecule has 0 saturated heterocycles. The molecule has 7 heteroatoms. The summed E-state index contributed by atoms with van der Waals surface area (Å²) in [6, 6.07) is 20.8. The molecule has 0 atom stereocenters. The highest BCUT2D eigenvalue weighted by atomic mass is 32.1. The van der Waals surface area contributed by atoms with Gasteiger partial charge >= 0.3 is 0 Å². The third-order valence-corrected chi connectivity index (χ3v) is 4.68. The van der Waals surface area contributed by atoms with E-state index in [0.29, 0.717) is 17.2 Å². The van der Waals surface area contributed by atoms with Crippen molar-refractivity contribution in [2.45, 2.75) is 19.8 Å². The molecule has 0 fully saturated rings. The van der Waals surface area contributed by atoms with E-state index >= 15 is 0 Å². The number of carbonyl (C=O) groups is 2. The van der Waals surface area contributed by atoms with Gasteiger partial charge in [0.2, 0.25) is 0 Å². The van der Waals surface area contributed by atoms with Crippen LogP contribution in [0.3, 0.4) is 0 Å². The number of carbonyl (C=O) groups excluding carboxylic acids is 2. The number of fused-ring (bicyclic) bond motifs is 1. The van der Waals surface area contributed by atoms with Gasteiger partial charge < -0.3 is 4.74 Å². The second kappa shape index (κ2) is 9.84. The molecule has 3 aromatic rings. The molecule has 154 valence electrons. The minimum absolute atomic E-state index is 0.00742. The molecule has 0 aliphatic rings. The number of benzene rings is 3. The molecule has 0 aliphatic heterocycles. The molecule has 0 saturated carbocycles. The largest absolute Gasteiger partial charge is 0.484 e. The number of thiocarbonyl (C=S) groups is 1. The highest BCUT2D eigenvalue weighted by Crippen LogP contribution is 2.20. The van der Waals surface area contributed by atoms with Gasteiger partial charge in [-0.1, -0.05) is 56.3 Å². The first-order valence-corrected chi connectivity index (χ1v) is 9.95. The lowest BCUT2D eigenvalue weighted by Gasteiger charge is -2.12. The van der Waals surface area contributed by atoms with Crippen LogP contribution in [0, 0.1) is 0 Å². The SMILES string of the molecule is CC(C)c1ccc(C(=O)NC(=S)NNC(=O)COc2ccc3ccccc3c2)cc1. The lowest BCUT2D eigenvalue weighted by atomic mass is 10.0. The zero-order chi connectivity index (χ0) is 21.5. The fraction of sp³-hybridized carbons (Fsp3) is 0.174. The Bertz CT molecular complexity index is 1060. The molecule has 0 spiro atoms. The zero-order valence-electron chi connectivity index (χ0n) is 16.8. The first-order chi connectivity index (χ1) is 14.4.